The summed E-state index contributed by atoms with van der Waals surface area (Å²) < 4.78 is 11.8. The molecular weight excluding hydrogens is 330 g/mol. The van der Waals surface area contributed by atoms with E-state index in [2.05, 4.69) is 15.9 Å². The SMILES string of the molecule is COc1ccc(N)cc1COc1ccc(Cl)cc1Br. The first kappa shape index (κ1) is 14.0. The van der Waals surface area contributed by atoms with E-state index in [4.69, 9.17) is 26.8 Å². The molecule has 0 amide bonds. The summed E-state index contributed by atoms with van der Waals surface area (Å²) in [6, 6.07) is 10.8. The molecule has 0 radical (unpaired) electrons. The Hall–Kier alpha value is -1.39. The van der Waals surface area contributed by atoms with Gasteiger partial charge >= 0.3 is 0 Å². The summed E-state index contributed by atoms with van der Waals surface area (Å²) in [4.78, 5) is 0. The molecule has 19 heavy (non-hydrogen) atoms. The third kappa shape index (κ3) is 3.55. The number of rotatable bonds is 4. The van der Waals surface area contributed by atoms with Gasteiger partial charge in [0.1, 0.15) is 18.1 Å². The molecule has 0 atom stereocenters. The molecule has 3 nitrogen and oxygen atoms in total. The van der Waals surface area contributed by atoms with E-state index < -0.39 is 0 Å². The zero-order valence-corrected chi connectivity index (χ0v) is 12.7. The lowest BCUT2D eigenvalue weighted by atomic mass is 10.2. The maximum absolute atomic E-state index is 5.88. The third-order valence-corrected chi connectivity index (χ3v) is 3.44. The van der Waals surface area contributed by atoms with Crippen LogP contribution in [0.15, 0.2) is 40.9 Å². The Bertz CT molecular complexity index is 590. The van der Waals surface area contributed by atoms with E-state index in [-0.39, 0.29) is 0 Å². The fourth-order valence-electron chi connectivity index (χ4n) is 1.66. The van der Waals surface area contributed by atoms with E-state index in [1.54, 1.807) is 25.3 Å². The van der Waals surface area contributed by atoms with Crippen molar-refractivity contribution in [2.75, 3.05) is 12.8 Å². The van der Waals surface area contributed by atoms with Crippen molar-refractivity contribution in [1.29, 1.82) is 0 Å². The second-order valence-electron chi connectivity index (χ2n) is 3.93. The molecule has 0 aliphatic heterocycles. The average Bonchev–Trinajstić information content (AvgIpc) is 2.38. The summed E-state index contributed by atoms with van der Waals surface area (Å²) in [5.41, 5.74) is 7.33. The predicted molar refractivity (Wildman–Crippen MR) is 80.9 cm³/mol. The van der Waals surface area contributed by atoms with E-state index in [0.29, 0.717) is 23.1 Å². The van der Waals surface area contributed by atoms with Crippen molar-refractivity contribution < 1.29 is 9.47 Å². The predicted octanol–water partition coefficient (Wildman–Crippen LogP) is 4.27. The molecule has 2 aromatic rings. The van der Waals surface area contributed by atoms with Gasteiger partial charge < -0.3 is 15.2 Å². The highest BCUT2D eigenvalue weighted by Crippen LogP contribution is 2.30. The first-order valence-electron chi connectivity index (χ1n) is 5.60. The highest BCUT2D eigenvalue weighted by molar-refractivity contribution is 9.10. The smallest absolute Gasteiger partial charge is 0.134 e. The number of anilines is 1. The molecule has 0 aromatic heterocycles. The van der Waals surface area contributed by atoms with Gasteiger partial charge in [0.05, 0.1) is 11.6 Å². The number of methoxy groups -OCH3 is 1. The van der Waals surface area contributed by atoms with E-state index in [1.807, 2.05) is 18.2 Å². The third-order valence-electron chi connectivity index (χ3n) is 2.58. The van der Waals surface area contributed by atoms with Crippen LogP contribution in [0, 0.1) is 0 Å². The van der Waals surface area contributed by atoms with Crippen molar-refractivity contribution in [1.82, 2.24) is 0 Å². The Morgan fingerprint density at radius 1 is 1.16 bits per heavy atom. The van der Waals surface area contributed by atoms with E-state index in [9.17, 15) is 0 Å². The quantitative estimate of drug-likeness (QED) is 0.844. The van der Waals surface area contributed by atoms with Crippen molar-refractivity contribution in [3.8, 4) is 11.5 Å². The number of nitrogen functional groups attached to an aromatic ring is 1. The van der Waals surface area contributed by atoms with Crippen LogP contribution in [0.3, 0.4) is 0 Å². The van der Waals surface area contributed by atoms with Crippen LogP contribution in [0.1, 0.15) is 5.56 Å². The molecule has 0 fully saturated rings. The van der Waals surface area contributed by atoms with Gasteiger partial charge in [0.15, 0.2) is 0 Å². The summed E-state index contributed by atoms with van der Waals surface area (Å²) in [6.45, 7) is 0.369. The van der Waals surface area contributed by atoms with Crippen molar-refractivity contribution >= 4 is 33.2 Å². The van der Waals surface area contributed by atoms with Crippen LogP contribution in [0.5, 0.6) is 11.5 Å². The van der Waals surface area contributed by atoms with Gasteiger partial charge in [-0.15, -0.1) is 0 Å². The van der Waals surface area contributed by atoms with Crippen LogP contribution in [-0.4, -0.2) is 7.11 Å². The Morgan fingerprint density at radius 3 is 2.58 bits per heavy atom. The first-order chi connectivity index (χ1) is 9.10. The van der Waals surface area contributed by atoms with Gasteiger partial charge in [0.2, 0.25) is 0 Å². The number of nitrogens with two attached hydrogens (primary N) is 1. The summed E-state index contributed by atoms with van der Waals surface area (Å²) in [5.74, 6) is 1.47. The zero-order chi connectivity index (χ0) is 13.8. The van der Waals surface area contributed by atoms with Crippen molar-refractivity contribution in [2.45, 2.75) is 6.61 Å². The molecule has 0 saturated carbocycles. The van der Waals surface area contributed by atoms with Gasteiger partial charge in [0.25, 0.3) is 0 Å². The number of hydrogen-bond acceptors (Lipinski definition) is 3. The van der Waals surface area contributed by atoms with Crippen molar-refractivity contribution in [3.05, 3.63) is 51.5 Å². The second-order valence-corrected chi connectivity index (χ2v) is 5.23. The highest BCUT2D eigenvalue weighted by atomic mass is 79.9. The van der Waals surface area contributed by atoms with Crippen molar-refractivity contribution in [3.63, 3.8) is 0 Å². The molecule has 0 spiro atoms. The van der Waals surface area contributed by atoms with E-state index in [1.165, 1.54) is 0 Å². The largest absolute Gasteiger partial charge is 0.496 e. The van der Waals surface area contributed by atoms with Gasteiger partial charge in [-0.25, -0.2) is 0 Å². The lowest BCUT2D eigenvalue weighted by Gasteiger charge is -2.12. The number of halogens is 2. The van der Waals surface area contributed by atoms with Crippen LogP contribution >= 0.6 is 27.5 Å². The molecule has 0 bridgehead atoms. The normalized spacial score (nSPS) is 10.3. The topological polar surface area (TPSA) is 44.5 Å². The minimum Gasteiger partial charge on any atom is -0.496 e. The molecule has 5 heteroatoms. The standard InChI is InChI=1S/C14H13BrClNO2/c1-18-13-5-3-11(17)6-9(13)8-19-14-4-2-10(16)7-12(14)15/h2-7H,8,17H2,1H3. The summed E-state index contributed by atoms with van der Waals surface area (Å²) in [6.07, 6.45) is 0. The van der Waals surface area contributed by atoms with Crippen LogP contribution in [0.25, 0.3) is 0 Å². The Kier molecular flexibility index (Phi) is 4.56. The minimum absolute atomic E-state index is 0.369. The molecular formula is C14H13BrClNO2. The zero-order valence-electron chi connectivity index (χ0n) is 10.3. The van der Waals surface area contributed by atoms with Gasteiger partial charge in [-0.05, 0) is 52.3 Å². The minimum atomic E-state index is 0.369. The Labute approximate surface area is 125 Å². The van der Waals surface area contributed by atoms with Gasteiger partial charge in [-0.2, -0.15) is 0 Å². The van der Waals surface area contributed by atoms with Crippen LogP contribution < -0.4 is 15.2 Å². The monoisotopic (exact) mass is 341 g/mol. The number of ether oxygens (including phenoxy) is 2. The molecule has 0 unspecified atom stereocenters. The Balaban J connectivity index is 2.16. The lowest BCUT2D eigenvalue weighted by molar-refractivity contribution is 0.295. The van der Waals surface area contributed by atoms with Crippen LogP contribution in [0.4, 0.5) is 5.69 Å². The highest BCUT2D eigenvalue weighted by Gasteiger charge is 2.07. The maximum Gasteiger partial charge on any atom is 0.134 e. The van der Waals surface area contributed by atoms with Crippen LogP contribution in [0.2, 0.25) is 5.02 Å². The summed E-state index contributed by atoms with van der Waals surface area (Å²) >= 11 is 9.29. The fraction of sp³-hybridized carbons (Fsp3) is 0.143. The first-order valence-corrected chi connectivity index (χ1v) is 6.77. The van der Waals surface area contributed by atoms with E-state index >= 15 is 0 Å². The molecule has 0 heterocycles. The van der Waals surface area contributed by atoms with Crippen molar-refractivity contribution in [2.24, 2.45) is 0 Å². The molecule has 2 N–H and O–H groups in total. The molecule has 2 aromatic carbocycles. The van der Waals surface area contributed by atoms with Crippen LogP contribution in [-0.2, 0) is 6.61 Å². The molecule has 100 valence electrons. The lowest BCUT2D eigenvalue weighted by Crippen LogP contribution is -2.00. The summed E-state index contributed by atoms with van der Waals surface area (Å²) in [5, 5.41) is 0.653. The second kappa shape index (κ2) is 6.17. The fourth-order valence-corrected chi connectivity index (χ4v) is 2.46. The van der Waals surface area contributed by atoms with Gasteiger partial charge in [-0.1, -0.05) is 11.6 Å². The number of hydrogen-bond donors (Lipinski definition) is 1. The molecule has 0 aliphatic rings. The molecule has 2 rings (SSSR count). The average molecular weight is 343 g/mol. The number of benzene rings is 2. The van der Waals surface area contributed by atoms with Gasteiger partial charge in [-0.3, -0.25) is 0 Å². The maximum atomic E-state index is 5.88. The van der Waals surface area contributed by atoms with Gasteiger partial charge in [0, 0.05) is 16.3 Å². The van der Waals surface area contributed by atoms with E-state index in [0.717, 1.165) is 15.8 Å². The molecule has 0 saturated heterocycles. The molecule has 0 aliphatic carbocycles. The summed E-state index contributed by atoms with van der Waals surface area (Å²) in [7, 11) is 1.62. The Morgan fingerprint density at radius 2 is 1.89 bits per heavy atom.